The Balaban J connectivity index is 1.73. The summed E-state index contributed by atoms with van der Waals surface area (Å²) >= 11 is 12.0. The summed E-state index contributed by atoms with van der Waals surface area (Å²) in [5, 5.41) is 4.59. The van der Waals surface area contributed by atoms with E-state index in [1.807, 2.05) is 19.9 Å². The van der Waals surface area contributed by atoms with Gasteiger partial charge in [-0.3, -0.25) is 4.79 Å². The van der Waals surface area contributed by atoms with Gasteiger partial charge in [0.1, 0.15) is 0 Å². The Bertz CT molecular complexity index is 1180. The minimum atomic E-state index is -0.639. The predicted molar refractivity (Wildman–Crippen MR) is 125 cm³/mol. The zero-order valence-corrected chi connectivity index (χ0v) is 18.9. The third-order valence-corrected chi connectivity index (χ3v) is 4.83. The zero-order valence-electron chi connectivity index (χ0n) is 17.4. The van der Waals surface area contributed by atoms with Crippen LogP contribution in [0.4, 0.5) is 0 Å². The molecule has 8 heteroatoms. The maximum absolute atomic E-state index is 12.5. The number of rotatable bonds is 7. The first-order valence-corrected chi connectivity index (χ1v) is 10.5. The molecule has 0 aliphatic heterocycles. The molecule has 32 heavy (non-hydrogen) atoms. The van der Waals surface area contributed by atoms with Crippen LogP contribution in [0.15, 0.2) is 65.8 Å². The number of carbonyl (C=O) groups excluding carboxylic acids is 2. The summed E-state index contributed by atoms with van der Waals surface area (Å²) in [6.45, 7) is 4.08. The normalized spacial score (nSPS) is 10.8. The average molecular weight is 471 g/mol. The maximum Gasteiger partial charge on any atom is 0.345 e. The van der Waals surface area contributed by atoms with Crippen LogP contribution in [-0.2, 0) is 0 Å². The molecule has 0 aromatic heterocycles. The van der Waals surface area contributed by atoms with Gasteiger partial charge in [0.25, 0.3) is 5.91 Å². The third kappa shape index (κ3) is 6.09. The molecule has 0 radical (unpaired) electrons. The summed E-state index contributed by atoms with van der Waals surface area (Å²) in [4.78, 5) is 24.7. The van der Waals surface area contributed by atoms with Crippen LogP contribution in [0.5, 0.6) is 11.5 Å². The Kier molecular flexibility index (Phi) is 7.87. The minimum absolute atomic E-state index is 0.183. The van der Waals surface area contributed by atoms with Crippen LogP contribution in [0.2, 0.25) is 10.0 Å². The molecular weight excluding hydrogens is 451 g/mol. The number of ether oxygens (including phenoxy) is 2. The number of carbonyl (C=O) groups is 2. The lowest BCUT2D eigenvalue weighted by Gasteiger charge is -2.12. The third-order valence-electron chi connectivity index (χ3n) is 4.28. The van der Waals surface area contributed by atoms with Gasteiger partial charge in [0.15, 0.2) is 11.5 Å². The van der Waals surface area contributed by atoms with Gasteiger partial charge in [-0.2, -0.15) is 5.10 Å². The lowest BCUT2D eigenvalue weighted by atomic mass is 10.1. The predicted octanol–water partition coefficient (Wildman–Crippen LogP) is 5.68. The first kappa shape index (κ1) is 23.3. The number of nitrogens with zero attached hydrogens (tertiary/aromatic N) is 1. The van der Waals surface area contributed by atoms with Crippen LogP contribution < -0.4 is 14.9 Å². The van der Waals surface area contributed by atoms with Gasteiger partial charge in [-0.15, -0.1) is 0 Å². The van der Waals surface area contributed by atoms with Gasteiger partial charge < -0.3 is 9.47 Å². The van der Waals surface area contributed by atoms with E-state index < -0.39 is 5.97 Å². The average Bonchev–Trinajstić information content (AvgIpc) is 2.75. The van der Waals surface area contributed by atoms with E-state index in [9.17, 15) is 9.59 Å². The molecule has 0 unspecified atom stereocenters. The quantitative estimate of drug-likeness (QED) is 0.208. The fraction of sp³-hybridized carbons (Fsp3) is 0.125. The van der Waals surface area contributed by atoms with Crippen molar-refractivity contribution in [3.8, 4) is 11.5 Å². The molecule has 0 spiro atoms. The molecule has 0 saturated heterocycles. The summed E-state index contributed by atoms with van der Waals surface area (Å²) in [5.74, 6) is -0.386. The Morgan fingerprint density at radius 2 is 1.84 bits per heavy atom. The van der Waals surface area contributed by atoms with E-state index in [4.69, 9.17) is 32.7 Å². The first-order chi connectivity index (χ1) is 15.4. The molecule has 0 saturated carbocycles. The van der Waals surface area contributed by atoms with Gasteiger partial charge in [-0.05, 0) is 67.9 Å². The van der Waals surface area contributed by atoms with Crippen molar-refractivity contribution in [2.75, 3.05) is 6.61 Å². The Hall–Kier alpha value is -3.35. The van der Waals surface area contributed by atoms with Crippen molar-refractivity contribution < 1.29 is 19.1 Å². The smallest absolute Gasteiger partial charge is 0.345 e. The fourth-order valence-electron chi connectivity index (χ4n) is 2.78. The Morgan fingerprint density at radius 1 is 1.03 bits per heavy atom. The van der Waals surface area contributed by atoms with Crippen LogP contribution in [0.1, 0.15) is 38.8 Å². The molecule has 3 aromatic rings. The topological polar surface area (TPSA) is 77.0 Å². The highest BCUT2D eigenvalue weighted by Gasteiger charge is 2.16. The van der Waals surface area contributed by atoms with Crippen LogP contribution >= 0.6 is 23.2 Å². The number of hydrazone groups is 1. The van der Waals surface area contributed by atoms with E-state index >= 15 is 0 Å². The molecule has 3 rings (SSSR count). The number of esters is 1. The molecule has 0 heterocycles. The molecular formula is C24H20Cl2N2O4. The maximum atomic E-state index is 12.5. The van der Waals surface area contributed by atoms with Crippen molar-refractivity contribution in [2.24, 2.45) is 5.10 Å². The molecule has 0 aliphatic carbocycles. The van der Waals surface area contributed by atoms with Gasteiger partial charge in [0, 0.05) is 10.6 Å². The van der Waals surface area contributed by atoms with Gasteiger partial charge >= 0.3 is 5.97 Å². The summed E-state index contributed by atoms with van der Waals surface area (Å²) in [7, 11) is 0. The van der Waals surface area contributed by atoms with Gasteiger partial charge in [0.2, 0.25) is 0 Å². The Morgan fingerprint density at radius 3 is 2.56 bits per heavy atom. The van der Waals surface area contributed by atoms with Gasteiger partial charge in [-0.25, -0.2) is 10.2 Å². The summed E-state index contributed by atoms with van der Waals surface area (Å²) in [5.41, 5.74) is 4.80. The van der Waals surface area contributed by atoms with Crippen molar-refractivity contribution in [3.63, 3.8) is 0 Å². The number of hydrogen-bond acceptors (Lipinski definition) is 5. The van der Waals surface area contributed by atoms with E-state index in [1.165, 1.54) is 18.3 Å². The van der Waals surface area contributed by atoms with E-state index in [2.05, 4.69) is 10.5 Å². The summed E-state index contributed by atoms with van der Waals surface area (Å²) in [6, 6.07) is 16.6. The monoisotopic (exact) mass is 470 g/mol. The number of amides is 1. The van der Waals surface area contributed by atoms with E-state index in [-0.39, 0.29) is 22.2 Å². The number of hydrogen-bond donors (Lipinski definition) is 1. The number of aryl methyl sites for hydroxylation is 1. The minimum Gasteiger partial charge on any atom is -0.490 e. The molecule has 0 aliphatic rings. The Labute approximate surface area is 195 Å². The molecule has 1 amide bonds. The molecule has 0 fully saturated rings. The second-order valence-corrected chi connectivity index (χ2v) is 7.57. The number of halogens is 2. The van der Waals surface area contributed by atoms with Gasteiger partial charge in [0.05, 0.1) is 23.4 Å². The van der Waals surface area contributed by atoms with Crippen LogP contribution in [-0.4, -0.2) is 24.7 Å². The van der Waals surface area contributed by atoms with Gasteiger partial charge in [-0.1, -0.05) is 40.9 Å². The standard InChI is InChI=1S/C24H20Cl2N2O4/c1-3-31-22-12-16(14-27-28-23(29)17-6-4-5-15(2)11-17)7-10-21(22)32-24(30)19-9-8-18(25)13-20(19)26/h4-14H,3H2,1-2H3,(H,28,29)/b27-14-. The lowest BCUT2D eigenvalue weighted by molar-refractivity contribution is 0.0728. The molecule has 1 N–H and O–H groups in total. The van der Waals surface area contributed by atoms with Crippen molar-refractivity contribution in [1.29, 1.82) is 0 Å². The molecule has 0 atom stereocenters. The zero-order chi connectivity index (χ0) is 23.1. The number of nitrogens with one attached hydrogen (secondary N) is 1. The van der Waals surface area contributed by atoms with E-state index in [0.717, 1.165) is 5.56 Å². The van der Waals surface area contributed by atoms with Crippen molar-refractivity contribution in [2.45, 2.75) is 13.8 Å². The molecule has 3 aromatic carbocycles. The highest BCUT2D eigenvalue weighted by atomic mass is 35.5. The molecule has 6 nitrogen and oxygen atoms in total. The van der Waals surface area contributed by atoms with E-state index in [1.54, 1.807) is 42.5 Å². The summed E-state index contributed by atoms with van der Waals surface area (Å²) < 4.78 is 11.1. The van der Waals surface area contributed by atoms with Crippen molar-refractivity contribution >= 4 is 41.3 Å². The number of benzene rings is 3. The molecule has 164 valence electrons. The fourth-order valence-corrected chi connectivity index (χ4v) is 3.27. The van der Waals surface area contributed by atoms with Crippen LogP contribution in [0.25, 0.3) is 0 Å². The highest BCUT2D eigenvalue weighted by molar-refractivity contribution is 6.36. The molecule has 0 bridgehead atoms. The van der Waals surface area contributed by atoms with E-state index in [0.29, 0.717) is 28.5 Å². The van der Waals surface area contributed by atoms with Crippen LogP contribution in [0, 0.1) is 6.92 Å². The van der Waals surface area contributed by atoms with Crippen molar-refractivity contribution in [1.82, 2.24) is 5.43 Å². The van der Waals surface area contributed by atoms with Crippen molar-refractivity contribution in [3.05, 3.63) is 93.0 Å². The first-order valence-electron chi connectivity index (χ1n) is 9.71. The second-order valence-electron chi connectivity index (χ2n) is 6.72. The highest BCUT2D eigenvalue weighted by Crippen LogP contribution is 2.30. The lowest BCUT2D eigenvalue weighted by Crippen LogP contribution is -2.17. The largest absolute Gasteiger partial charge is 0.490 e. The SMILES string of the molecule is CCOc1cc(/C=N\NC(=O)c2cccc(C)c2)ccc1OC(=O)c1ccc(Cl)cc1Cl. The van der Waals surface area contributed by atoms with Crippen LogP contribution in [0.3, 0.4) is 0 Å². The summed E-state index contributed by atoms with van der Waals surface area (Å²) in [6.07, 6.45) is 1.47. The second kappa shape index (κ2) is 10.8.